The first-order chi connectivity index (χ1) is 9.74. The molecule has 1 atom stereocenters. The van der Waals surface area contributed by atoms with Crippen LogP contribution in [-0.2, 0) is 6.61 Å². The van der Waals surface area contributed by atoms with E-state index in [4.69, 9.17) is 15.2 Å². The highest BCUT2D eigenvalue weighted by Gasteiger charge is 2.10. The zero-order valence-corrected chi connectivity index (χ0v) is 13.2. The molecule has 3 nitrogen and oxygen atoms in total. The van der Waals surface area contributed by atoms with Gasteiger partial charge >= 0.3 is 0 Å². The summed E-state index contributed by atoms with van der Waals surface area (Å²) in [4.78, 5) is 0. The third-order valence-corrected chi connectivity index (χ3v) is 3.29. The molecule has 0 aliphatic heterocycles. The normalized spacial score (nSPS) is 11.4. The van der Waals surface area contributed by atoms with Gasteiger partial charge in [-0.1, -0.05) is 43.3 Å². The zero-order chi connectivity index (χ0) is 14.4. The molecule has 2 aromatic rings. The lowest BCUT2D eigenvalue weighted by atomic mass is 10.1. The van der Waals surface area contributed by atoms with Gasteiger partial charge in [-0.2, -0.15) is 0 Å². The van der Waals surface area contributed by atoms with Crippen molar-refractivity contribution in [3.8, 4) is 11.5 Å². The Labute approximate surface area is 132 Å². The van der Waals surface area contributed by atoms with Crippen molar-refractivity contribution in [3.05, 3.63) is 59.7 Å². The summed E-state index contributed by atoms with van der Waals surface area (Å²) in [6, 6.07) is 16.0. The van der Waals surface area contributed by atoms with Crippen molar-refractivity contribution in [2.75, 3.05) is 7.11 Å². The molecule has 0 unspecified atom stereocenters. The van der Waals surface area contributed by atoms with Crippen molar-refractivity contribution < 1.29 is 9.47 Å². The zero-order valence-electron chi connectivity index (χ0n) is 12.4. The molecule has 0 aliphatic rings. The van der Waals surface area contributed by atoms with Gasteiger partial charge in [-0.3, -0.25) is 0 Å². The highest BCUT2D eigenvalue weighted by atomic mass is 35.5. The second kappa shape index (κ2) is 8.55. The molecule has 114 valence electrons. The van der Waals surface area contributed by atoms with E-state index in [0.717, 1.165) is 29.0 Å². The Balaban J connectivity index is 0.00000220. The molecule has 4 heteroatoms. The number of hydrogen-bond donors (Lipinski definition) is 1. The van der Waals surface area contributed by atoms with Crippen molar-refractivity contribution in [2.24, 2.45) is 5.73 Å². The summed E-state index contributed by atoms with van der Waals surface area (Å²) in [5, 5.41) is 0. The summed E-state index contributed by atoms with van der Waals surface area (Å²) in [6.07, 6.45) is 0.893. The summed E-state index contributed by atoms with van der Waals surface area (Å²) in [7, 11) is 1.64. The molecule has 0 fully saturated rings. The number of rotatable bonds is 6. The van der Waals surface area contributed by atoms with Crippen molar-refractivity contribution in [1.29, 1.82) is 0 Å². The van der Waals surface area contributed by atoms with Crippen LogP contribution < -0.4 is 15.2 Å². The van der Waals surface area contributed by atoms with Gasteiger partial charge in [0, 0.05) is 6.04 Å². The third kappa shape index (κ3) is 4.66. The van der Waals surface area contributed by atoms with Gasteiger partial charge in [0.2, 0.25) is 0 Å². The SMILES string of the molecule is CC[C@H](N)c1ccc(OC)c(OCc2ccccc2)c1.Cl. The number of halogens is 1. The quantitative estimate of drug-likeness (QED) is 0.873. The molecule has 2 N–H and O–H groups in total. The maximum atomic E-state index is 6.07. The van der Waals surface area contributed by atoms with Crippen LogP contribution in [0.2, 0.25) is 0 Å². The Hall–Kier alpha value is -1.71. The molecule has 0 heterocycles. The van der Waals surface area contributed by atoms with Gasteiger partial charge < -0.3 is 15.2 Å². The lowest BCUT2D eigenvalue weighted by Crippen LogP contribution is -2.09. The molecule has 0 aliphatic carbocycles. The summed E-state index contributed by atoms with van der Waals surface area (Å²) < 4.78 is 11.2. The van der Waals surface area contributed by atoms with Gasteiger partial charge in [0.1, 0.15) is 6.61 Å². The van der Waals surface area contributed by atoms with Crippen LogP contribution in [0.15, 0.2) is 48.5 Å². The first-order valence-corrected chi connectivity index (χ1v) is 6.84. The Morgan fingerprint density at radius 3 is 2.38 bits per heavy atom. The first kappa shape index (κ1) is 17.3. The minimum atomic E-state index is 0. The van der Waals surface area contributed by atoms with Crippen LogP contribution in [0.1, 0.15) is 30.5 Å². The third-order valence-electron chi connectivity index (χ3n) is 3.29. The van der Waals surface area contributed by atoms with Crippen molar-refractivity contribution in [3.63, 3.8) is 0 Å². The molecule has 0 saturated carbocycles. The summed E-state index contributed by atoms with van der Waals surface area (Å²) in [6.45, 7) is 2.58. The summed E-state index contributed by atoms with van der Waals surface area (Å²) >= 11 is 0. The van der Waals surface area contributed by atoms with Crippen molar-refractivity contribution in [1.82, 2.24) is 0 Å². The molecule has 0 radical (unpaired) electrons. The number of nitrogens with two attached hydrogens (primary N) is 1. The van der Waals surface area contributed by atoms with Crippen molar-refractivity contribution >= 4 is 12.4 Å². The van der Waals surface area contributed by atoms with E-state index in [2.05, 4.69) is 6.92 Å². The Kier molecular flexibility index (Phi) is 7.06. The Morgan fingerprint density at radius 1 is 1.05 bits per heavy atom. The number of benzene rings is 2. The van der Waals surface area contributed by atoms with Crippen LogP contribution in [0.3, 0.4) is 0 Å². The largest absolute Gasteiger partial charge is 0.493 e. The molecular weight excluding hydrogens is 286 g/mol. The minimum absolute atomic E-state index is 0. The number of ether oxygens (including phenoxy) is 2. The van der Waals surface area contributed by atoms with Crippen LogP contribution in [0.5, 0.6) is 11.5 Å². The highest BCUT2D eigenvalue weighted by Crippen LogP contribution is 2.31. The predicted octanol–water partition coefficient (Wildman–Crippen LogP) is 4.11. The fraction of sp³-hybridized carbons (Fsp3) is 0.294. The van der Waals surface area contributed by atoms with Crippen molar-refractivity contribution in [2.45, 2.75) is 26.0 Å². The van der Waals surface area contributed by atoms with E-state index in [1.54, 1.807) is 7.11 Å². The average Bonchev–Trinajstić information content (AvgIpc) is 2.52. The van der Waals surface area contributed by atoms with Crippen LogP contribution in [-0.4, -0.2) is 7.11 Å². The molecule has 21 heavy (non-hydrogen) atoms. The van der Waals surface area contributed by atoms with E-state index in [-0.39, 0.29) is 18.4 Å². The topological polar surface area (TPSA) is 44.5 Å². The van der Waals surface area contributed by atoms with Gasteiger partial charge in [0.15, 0.2) is 11.5 Å². The van der Waals surface area contributed by atoms with E-state index in [9.17, 15) is 0 Å². The lowest BCUT2D eigenvalue weighted by Gasteiger charge is -2.15. The average molecular weight is 308 g/mol. The van der Waals surface area contributed by atoms with Crippen LogP contribution >= 0.6 is 12.4 Å². The maximum absolute atomic E-state index is 6.07. The number of hydrogen-bond acceptors (Lipinski definition) is 3. The molecule has 2 aromatic carbocycles. The van der Waals surface area contributed by atoms with Gasteiger partial charge in [0.05, 0.1) is 7.11 Å². The van der Waals surface area contributed by atoms with Crippen LogP contribution in [0.4, 0.5) is 0 Å². The second-order valence-corrected chi connectivity index (χ2v) is 4.70. The molecular formula is C17H22ClNO2. The molecule has 0 saturated heterocycles. The minimum Gasteiger partial charge on any atom is -0.493 e. The van der Waals surface area contributed by atoms with Crippen LogP contribution in [0.25, 0.3) is 0 Å². The van der Waals surface area contributed by atoms with E-state index in [1.165, 1.54) is 0 Å². The summed E-state index contributed by atoms with van der Waals surface area (Å²) in [5.41, 5.74) is 8.26. The molecule has 0 spiro atoms. The van der Waals surface area contributed by atoms with Gasteiger partial charge in [-0.25, -0.2) is 0 Å². The summed E-state index contributed by atoms with van der Waals surface area (Å²) in [5.74, 6) is 1.46. The molecule has 0 aromatic heterocycles. The highest BCUT2D eigenvalue weighted by molar-refractivity contribution is 5.85. The van der Waals surface area contributed by atoms with E-state index >= 15 is 0 Å². The maximum Gasteiger partial charge on any atom is 0.161 e. The molecule has 0 amide bonds. The van der Waals surface area contributed by atoms with Gasteiger partial charge in [0.25, 0.3) is 0 Å². The predicted molar refractivity (Wildman–Crippen MR) is 88.2 cm³/mol. The standard InChI is InChI=1S/C17H21NO2.ClH/c1-3-15(18)14-9-10-16(19-2)17(11-14)20-12-13-7-5-4-6-8-13;/h4-11,15H,3,12,18H2,1-2H3;1H/t15-;/m0./s1. The molecule has 2 rings (SSSR count). The van der Waals surface area contributed by atoms with Gasteiger partial charge in [-0.15, -0.1) is 12.4 Å². The first-order valence-electron chi connectivity index (χ1n) is 6.84. The Bertz CT molecular complexity index is 546. The number of methoxy groups -OCH3 is 1. The van der Waals surface area contributed by atoms with Crippen LogP contribution in [0, 0.1) is 0 Å². The van der Waals surface area contributed by atoms with E-state index < -0.39 is 0 Å². The molecule has 0 bridgehead atoms. The van der Waals surface area contributed by atoms with E-state index in [1.807, 2.05) is 48.5 Å². The second-order valence-electron chi connectivity index (χ2n) is 4.70. The Morgan fingerprint density at radius 2 is 1.76 bits per heavy atom. The monoisotopic (exact) mass is 307 g/mol. The lowest BCUT2D eigenvalue weighted by molar-refractivity contribution is 0.284. The smallest absolute Gasteiger partial charge is 0.161 e. The fourth-order valence-electron chi connectivity index (χ4n) is 2.01. The van der Waals surface area contributed by atoms with E-state index in [0.29, 0.717) is 6.61 Å². The van der Waals surface area contributed by atoms with Gasteiger partial charge in [-0.05, 0) is 29.7 Å². The fourth-order valence-corrected chi connectivity index (χ4v) is 2.01.